The first-order valence-corrected chi connectivity index (χ1v) is 5.67. The summed E-state index contributed by atoms with van der Waals surface area (Å²) >= 11 is 0. The molecule has 0 aliphatic carbocycles. The standard InChI is InChI=1S/C12H22N2O2/c1-11(2,3)13-8-7-9(15)14(10(8)16)12(4,5)6/h8,13H,7H2,1-6H3. The molecule has 4 nitrogen and oxygen atoms in total. The molecule has 1 saturated heterocycles. The summed E-state index contributed by atoms with van der Waals surface area (Å²) in [6.45, 7) is 11.6. The van der Waals surface area contributed by atoms with Crippen molar-refractivity contribution in [3.8, 4) is 0 Å². The molecule has 1 atom stereocenters. The zero-order valence-electron chi connectivity index (χ0n) is 11.0. The minimum atomic E-state index is -0.428. The molecule has 16 heavy (non-hydrogen) atoms. The number of imide groups is 1. The summed E-state index contributed by atoms with van der Waals surface area (Å²) in [6.07, 6.45) is 0.271. The normalized spacial score (nSPS) is 23.1. The van der Waals surface area contributed by atoms with Gasteiger partial charge in [-0.2, -0.15) is 0 Å². The SMILES string of the molecule is CC(C)(C)NC1CC(=O)N(C(C)(C)C)C1=O. The molecule has 0 aromatic heterocycles. The highest BCUT2D eigenvalue weighted by Crippen LogP contribution is 2.24. The van der Waals surface area contributed by atoms with E-state index in [1.807, 2.05) is 41.5 Å². The van der Waals surface area contributed by atoms with Crippen molar-refractivity contribution < 1.29 is 9.59 Å². The van der Waals surface area contributed by atoms with E-state index in [9.17, 15) is 9.59 Å². The molecule has 1 heterocycles. The summed E-state index contributed by atoms with van der Waals surface area (Å²) in [5, 5.41) is 3.19. The Morgan fingerprint density at radius 2 is 1.62 bits per heavy atom. The Balaban J connectivity index is 2.83. The van der Waals surface area contributed by atoms with E-state index in [-0.39, 0.29) is 29.8 Å². The van der Waals surface area contributed by atoms with Gasteiger partial charge in [-0.25, -0.2) is 0 Å². The molecule has 0 radical (unpaired) electrons. The summed E-state index contributed by atoms with van der Waals surface area (Å²) in [7, 11) is 0. The fourth-order valence-electron chi connectivity index (χ4n) is 1.97. The van der Waals surface area contributed by atoms with Crippen molar-refractivity contribution in [1.82, 2.24) is 10.2 Å². The first-order valence-electron chi connectivity index (χ1n) is 5.67. The minimum Gasteiger partial charge on any atom is -0.301 e. The summed E-state index contributed by atoms with van der Waals surface area (Å²) in [6, 6.07) is -0.369. The van der Waals surface area contributed by atoms with Gasteiger partial charge in [0, 0.05) is 11.1 Å². The monoisotopic (exact) mass is 226 g/mol. The Labute approximate surface area is 97.4 Å². The number of carbonyl (C=O) groups excluding carboxylic acids is 2. The lowest BCUT2D eigenvalue weighted by molar-refractivity contribution is -0.144. The van der Waals surface area contributed by atoms with Crippen molar-refractivity contribution in [2.24, 2.45) is 0 Å². The number of hydrogen-bond acceptors (Lipinski definition) is 3. The van der Waals surface area contributed by atoms with Crippen LogP contribution in [0, 0.1) is 0 Å². The predicted octanol–water partition coefficient (Wildman–Crippen LogP) is 1.30. The van der Waals surface area contributed by atoms with Crippen molar-refractivity contribution >= 4 is 11.8 Å². The average Bonchev–Trinajstić information content (AvgIpc) is 2.21. The largest absolute Gasteiger partial charge is 0.301 e. The Kier molecular flexibility index (Phi) is 3.16. The molecular weight excluding hydrogens is 204 g/mol. The third kappa shape index (κ3) is 2.82. The Bertz CT molecular complexity index is 310. The average molecular weight is 226 g/mol. The van der Waals surface area contributed by atoms with Crippen LogP contribution < -0.4 is 5.32 Å². The molecule has 1 rings (SSSR count). The molecule has 2 amide bonds. The number of amides is 2. The molecule has 0 bridgehead atoms. The Hall–Kier alpha value is -0.900. The molecule has 1 N–H and O–H groups in total. The van der Waals surface area contributed by atoms with Crippen LogP contribution in [0.25, 0.3) is 0 Å². The van der Waals surface area contributed by atoms with Gasteiger partial charge in [0.1, 0.15) is 0 Å². The molecule has 0 aromatic rings. The summed E-state index contributed by atoms with van der Waals surface area (Å²) in [5.74, 6) is -0.188. The van der Waals surface area contributed by atoms with Gasteiger partial charge in [-0.05, 0) is 41.5 Å². The van der Waals surface area contributed by atoms with Crippen LogP contribution in [0.5, 0.6) is 0 Å². The molecule has 0 saturated carbocycles. The molecule has 1 aliphatic rings. The van der Waals surface area contributed by atoms with Crippen LogP contribution in [-0.4, -0.2) is 33.8 Å². The first kappa shape index (κ1) is 13.2. The fourth-order valence-corrected chi connectivity index (χ4v) is 1.97. The third-order valence-electron chi connectivity index (χ3n) is 2.42. The second kappa shape index (κ2) is 3.84. The molecule has 92 valence electrons. The number of rotatable bonds is 1. The number of carbonyl (C=O) groups is 2. The molecule has 0 spiro atoms. The van der Waals surface area contributed by atoms with Gasteiger partial charge in [-0.3, -0.25) is 14.5 Å². The van der Waals surface area contributed by atoms with E-state index in [1.165, 1.54) is 4.90 Å². The van der Waals surface area contributed by atoms with E-state index in [0.29, 0.717) is 0 Å². The van der Waals surface area contributed by atoms with Crippen molar-refractivity contribution in [3.05, 3.63) is 0 Å². The molecule has 1 aliphatic heterocycles. The predicted molar refractivity (Wildman–Crippen MR) is 62.9 cm³/mol. The van der Waals surface area contributed by atoms with Crippen molar-refractivity contribution in [2.75, 3.05) is 0 Å². The molecular formula is C12H22N2O2. The quantitative estimate of drug-likeness (QED) is 0.686. The third-order valence-corrected chi connectivity index (χ3v) is 2.42. The second-order valence-corrected chi connectivity index (χ2v) is 6.39. The lowest BCUT2D eigenvalue weighted by atomic mass is 10.1. The summed E-state index contributed by atoms with van der Waals surface area (Å²) in [4.78, 5) is 25.2. The zero-order chi connectivity index (χ0) is 12.7. The first-order chi connectivity index (χ1) is 7.02. The fraction of sp³-hybridized carbons (Fsp3) is 0.833. The van der Waals surface area contributed by atoms with Crippen molar-refractivity contribution in [2.45, 2.75) is 65.1 Å². The van der Waals surface area contributed by atoms with E-state index in [0.717, 1.165) is 0 Å². The van der Waals surface area contributed by atoms with Crippen molar-refractivity contribution in [1.29, 1.82) is 0 Å². The van der Waals surface area contributed by atoms with E-state index >= 15 is 0 Å². The summed E-state index contributed by atoms with van der Waals surface area (Å²) in [5.41, 5.74) is -0.586. The van der Waals surface area contributed by atoms with E-state index in [4.69, 9.17) is 0 Å². The van der Waals surface area contributed by atoms with E-state index in [2.05, 4.69) is 5.32 Å². The van der Waals surface area contributed by atoms with E-state index < -0.39 is 5.54 Å². The van der Waals surface area contributed by atoms with Crippen LogP contribution in [0.1, 0.15) is 48.0 Å². The number of nitrogens with zero attached hydrogens (tertiary/aromatic N) is 1. The lowest BCUT2D eigenvalue weighted by Gasteiger charge is -2.31. The molecule has 1 fully saturated rings. The van der Waals surface area contributed by atoms with E-state index in [1.54, 1.807) is 0 Å². The smallest absolute Gasteiger partial charge is 0.247 e. The maximum atomic E-state index is 12.1. The zero-order valence-corrected chi connectivity index (χ0v) is 11.0. The maximum Gasteiger partial charge on any atom is 0.247 e. The summed E-state index contributed by atoms with van der Waals surface area (Å²) < 4.78 is 0. The number of hydrogen-bond donors (Lipinski definition) is 1. The van der Waals surface area contributed by atoms with Crippen molar-refractivity contribution in [3.63, 3.8) is 0 Å². The van der Waals surface area contributed by atoms with Gasteiger partial charge < -0.3 is 5.32 Å². The van der Waals surface area contributed by atoms with Gasteiger partial charge in [0.05, 0.1) is 12.5 Å². The molecule has 4 heteroatoms. The Morgan fingerprint density at radius 1 is 1.12 bits per heavy atom. The van der Waals surface area contributed by atoms with Crippen LogP contribution in [0.2, 0.25) is 0 Å². The van der Waals surface area contributed by atoms with Gasteiger partial charge in [-0.1, -0.05) is 0 Å². The number of nitrogens with one attached hydrogen (secondary N) is 1. The highest BCUT2D eigenvalue weighted by molar-refractivity contribution is 6.06. The Morgan fingerprint density at radius 3 is 1.94 bits per heavy atom. The molecule has 0 aromatic carbocycles. The van der Waals surface area contributed by atoms with Gasteiger partial charge in [-0.15, -0.1) is 0 Å². The van der Waals surface area contributed by atoms with Crippen LogP contribution in [0.15, 0.2) is 0 Å². The molecule has 1 unspecified atom stereocenters. The maximum absolute atomic E-state index is 12.1. The van der Waals surface area contributed by atoms with Crippen LogP contribution in [0.4, 0.5) is 0 Å². The van der Waals surface area contributed by atoms with Crippen LogP contribution >= 0.6 is 0 Å². The van der Waals surface area contributed by atoms with Gasteiger partial charge in [0.15, 0.2) is 0 Å². The number of likely N-dealkylation sites (tertiary alicyclic amines) is 1. The highest BCUT2D eigenvalue weighted by atomic mass is 16.2. The van der Waals surface area contributed by atoms with Gasteiger partial charge >= 0.3 is 0 Å². The van der Waals surface area contributed by atoms with Crippen LogP contribution in [0.3, 0.4) is 0 Å². The van der Waals surface area contributed by atoms with Gasteiger partial charge in [0.2, 0.25) is 11.8 Å². The highest BCUT2D eigenvalue weighted by Gasteiger charge is 2.44. The lowest BCUT2D eigenvalue weighted by Crippen LogP contribution is -2.51. The minimum absolute atomic E-state index is 0.0840. The van der Waals surface area contributed by atoms with Crippen LogP contribution in [-0.2, 0) is 9.59 Å². The second-order valence-electron chi connectivity index (χ2n) is 6.39. The van der Waals surface area contributed by atoms with Gasteiger partial charge in [0.25, 0.3) is 0 Å². The topological polar surface area (TPSA) is 49.4 Å².